The molecule has 5 heteroatoms. The molecule has 1 atom stereocenters. The minimum atomic E-state index is -0.885. The summed E-state index contributed by atoms with van der Waals surface area (Å²) in [4.78, 5) is 19.5. The standard InChI is InChI=1S/C16H19N3O2/c1-11-3-5-13(17-8-11)7-15(19-10-16(20)21)14-6-4-12(2)9-18-14/h3-6,8-9,15,19H,7,10H2,1-2H3,(H,20,21). The number of pyridine rings is 2. The van der Waals surface area contributed by atoms with Gasteiger partial charge in [-0.3, -0.25) is 20.1 Å². The van der Waals surface area contributed by atoms with E-state index >= 15 is 0 Å². The summed E-state index contributed by atoms with van der Waals surface area (Å²) >= 11 is 0. The average molecular weight is 285 g/mol. The van der Waals surface area contributed by atoms with Crippen LogP contribution in [0, 0.1) is 13.8 Å². The van der Waals surface area contributed by atoms with Gasteiger partial charge in [-0.2, -0.15) is 0 Å². The summed E-state index contributed by atoms with van der Waals surface area (Å²) in [6.07, 6.45) is 4.20. The van der Waals surface area contributed by atoms with Gasteiger partial charge in [0.2, 0.25) is 0 Å². The molecule has 0 amide bonds. The molecule has 5 nitrogen and oxygen atoms in total. The van der Waals surface area contributed by atoms with Crippen LogP contribution in [0.5, 0.6) is 0 Å². The molecule has 2 aromatic heterocycles. The minimum Gasteiger partial charge on any atom is -0.480 e. The minimum absolute atomic E-state index is 0.105. The van der Waals surface area contributed by atoms with Crippen LogP contribution in [-0.4, -0.2) is 27.6 Å². The van der Waals surface area contributed by atoms with Crippen LogP contribution in [0.1, 0.15) is 28.6 Å². The molecule has 110 valence electrons. The van der Waals surface area contributed by atoms with Gasteiger partial charge < -0.3 is 5.11 Å². The molecule has 0 spiro atoms. The molecule has 21 heavy (non-hydrogen) atoms. The van der Waals surface area contributed by atoms with Gasteiger partial charge >= 0.3 is 5.97 Å². The van der Waals surface area contributed by atoms with E-state index in [1.807, 2.05) is 44.3 Å². The van der Waals surface area contributed by atoms with Gasteiger partial charge in [0.25, 0.3) is 0 Å². The monoisotopic (exact) mass is 285 g/mol. The van der Waals surface area contributed by atoms with Crippen molar-refractivity contribution in [3.8, 4) is 0 Å². The molecule has 2 aromatic rings. The Kier molecular flexibility index (Phi) is 5.00. The molecular weight excluding hydrogens is 266 g/mol. The van der Waals surface area contributed by atoms with Crippen molar-refractivity contribution in [2.45, 2.75) is 26.3 Å². The second kappa shape index (κ2) is 6.95. The summed E-state index contributed by atoms with van der Waals surface area (Å²) < 4.78 is 0. The van der Waals surface area contributed by atoms with Crippen LogP contribution in [0.3, 0.4) is 0 Å². The highest BCUT2D eigenvalue weighted by Gasteiger charge is 2.15. The van der Waals surface area contributed by atoms with Crippen molar-refractivity contribution in [3.63, 3.8) is 0 Å². The highest BCUT2D eigenvalue weighted by molar-refractivity contribution is 5.69. The number of carbonyl (C=O) groups is 1. The Balaban J connectivity index is 2.16. The maximum atomic E-state index is 10.8. The fourth-order valence-corrected chi connectivity index (χ4v) is 2.01. The first-order valence-electron chi connectivity index (χ1n) is 6.84. The van der Waals surface area contributed by atoms with Gasteiger partial charge in [-0.25, -0.2) is 0 Å². The van der Waals surface area contributed by atoms with E-state index in [9.17, 15) is 4.79 Å². The Bertz CT molecular complexity index is 594. The zero-order valence-electron chi connectivity index (χ0n) is 12.2. The van der Waals surface area contributed by atoms with Crippen LogP contribution >= 0.6 is 0 Å². The second-order valence-corrected chi connectivity index (χ2v) is 5.12. The number of aryl methyl sites for hydroxylation is 2. The summed E-state index contributed by atoms with van der Waals surface area (Å²) in [6, 6.07) is 7.68. The van der Waals surface area contributed by atoms with Gasteiger partial charge in [0.15, 0.2) is 0 Å². The van der Waals surface area contributed by atoms with Crippen LogP contribution < -0.4 is 5.32 Å². The predicted molar refractivity (Wildman–Crippen MR) is 80.0 cm³/mol. The summed E-state index contributed by atoms with van der Waals surface area (Å²) in [7, 11) is 0. The highest BCUT2D eigenvalue weighted by Crippen LogP contribution is 2.16. The molecule has 1 unspecified atom stereocenters. The van der Waals surface area contributed by atoms with Gasteiger partial charge in [0, 0.05) is 24.5 Å². The number of hydrogen-bond donors (Lipinski definition) is 2. The summed E-state index contributed by atoms with van der Waals surface area (Å²) in [5, 5.41) is 11.9. The number of nitrogens with one attached hydrogen (secondary N) is 1. The molecule has 0 aliphatic rings. The second-order valence-electron chi connectivity index (χ2n) is 5.12. The number of aliphatic carboxylic acids is 1. The van der Waals surface area contributed by atoms with E-state index in [0.717, 1.165) is 22.5 Å². The number of rotatable bonds is 6. The predicted octanol–water partition coefficient (Wildman–Crippen LogP) is 2.05. The molecule has 0 saturated heterocycles. The Labute approximate surface area is 124 Å². The number of aromatic nitrogens is 2. The van der Waals surface area contributed by atoms with Crippen molar-refractivity contribution >= 4 is 5.97 Å². The third-order valence-corrected chi connectivity index (χ3v) is 3.18. The molecule has 2 N–H and O–H groups in total. The third kappa shape index (κ3) is 4.65. The molecule has 2 heterocycles. The molecule has 0 aliphatic carbocycles. The lowest BCUT2D eigenvalue weighted by Crippen LogP contribution is -2.29. The lowest BCUT2D eigenvalue weighted by molar-refractivity contribution is -0.136. The largest absolute Gasteiger partial charge is 0.480 e. The van der Waals surface area contributed by atoms with Crippen LogP contribution in [0.4, 0.5) is 0 Å². The van der Waals surface area contributed by atoms with Crippen molar-refractivity contribution in [2.24, 2.45) is 0 Å². The van der Waals surface area contributed by atoms with E-state index in [1.165, 1.54) is 0 Å². The molecule has 0 aromatic carbocycles. The van der Waals surface area contributed by atoms with Crippen molar-refractivity contribution in [1.82, 2.24) is 15.3 Å². The summed E-state index contributed by atoms with van der Waals surface area (Å²) in [5.41, 5.74) is 3.90. The normalized spacial score (nSPS) is 12.1. The zero-order valence-corrected chi connectivity index (χ0v) is 12.2. The number of carboxylic acid groups (broad SMARTS) is 1. The zero-order chi connectivity index (χ0) is 15.2. The van der Waals surface area contributed by atoms with E-state index < -0.39 is 5.97 Å². The van der Waals surface area contributed by atoms with Crippen LogP contribution in [0.15, 0.2) is 36.7 Å². The fourth-order valence-electron chi connectivity index (χ4n) is 2.01. The first kappa shape index (κ1) is 15.1. The first-order chi connectivity index (χ1) is 10.0. The van der Waals surface area contributed by atoms with Gasteiger partial charge in [-0.1, -0.05) is 12.1 Å². The van der Waals surface area contributed by atoms with Crippen molar-refractivity contribution in [3.05, 3.63) is 59.2 Å². The Hall–Kier alpha value is -2.27. The summed E-state index contributed by atoms with van der Waals surface area (Å²) in [6.45, 7) is 3.85. The van der Waals surface area contributed by atoms with E-state index in [4.69, 9.17) is 5.11 Å². The van der Waals surface area contributed by atoms with Gasteiger partial charge in [-0.05, 0) is 37.1 Å². The van der Waals surface area contributed by atoms with Gasteiger partial charge in [-0.15, -0.1) is 0 Å². The van der Waals surface area contributed by atoms with Gasteiger partial charge in [0.05, 0.1) is 18.3 Å². The lowest BCUT2D eigenvalue weighted by Gasteiger charge is -2.17. The molecule has 0 aliphatic heterocycles. The van der Waals surface area contributed by atoms with E-state index in [2.05, 4.69) is 15.3 Å². The van der Waals surface area contributed by atoms with Crippen molar-refractivity contribution in [1.29, 1.82) is 0 Å². The Morgan fingerprint density at radius 3 is 2.33 bits per heavy atom. The van der Waals surface area contributed by atoms with E-state index in [-0.39, 0.29) is 12.6 Å². The topological polar surface area (TPSA) is 75.1 Å². The fraction of sp³-hybridized carbons (Fsp3) is 0.312. The van der Waals surface area contributed by atoms with Crippen molar-refractivity contribution in [2.75, 3.05) is 6.54 Å². The average Bonchev–Trinajstić information content (AvgIpc) is 2.46. The SMILES string of the molecule is Cc1ccc(CC(NCC(=O)O)c2ccc(C)cn2)nc1. The first-order valence-corrected chi connectivity index (χ1v) is 6.84. The van der Waals surface area contributed by atoms with Crippen molar-refractivity contribution < 1.29 is 9.90 Å². The number of nitrogens with zero attached hydrogens (tertiary/aromatic N) is 2. The van der Waals surface area contributed by atoms with Crippen LogP contribution in [-0.2, 0) is 11.2 Å². The Morgan fingerprint density at radius 1 is 1.14 bits per heavy atom. The van der Waals surface area contributed by atoms with Crippen LogP contribution in [0.25, 0.3) is 0 Å². The maximum Gasteiger partial charge on any atom is 0.317 e. The molecule has 0 fully saturated rings. The third-order valence-electron chi connectivity index (χ3n) is 3.18. The van der Waals surface area contributed by atoms with E-state index in [0.29, 0.717) is 6.42 Å². The molecule has 2 rings (SSSR count). The van der Waals surface area contributed by atoms with Gasteiger partial charge in [0.1, 0.15) is 0 Å². The smallest absolute Gasteiger partial charge is 0.317 e. The number of carboxylic acids is 1. The molecule has 0 saturated carbocycles. The van der Waals surface area contributed by atoms with E-state index in [1.54, 1.807) is 6.20 Å². The molecular formula is C16H19N3O2. The van der Waals surface area contributed by atoms with Crippen LogP contribution in [0.2, 0.25) is 0 Å². The maximum absolute atomic E-state index is 10.8. The molecule has 0 radical (unpaired) electrons. The summed E-state index contributed by atoms with van der Waals surface area (Å²) in [5.74, 6) is -0.885. The lowest BCUT2D eigenvalue weighted by atomic mass is 10.1. The Morgan fingerprint density at radius 2 is 1.81 bits per heavy atom. The molecule has 0 bridgehead atoms. The number of hydrogen-bond acceptors (Lipinski definition) is 4. The highest BCUT2D eigenvalue weighted by atomic mass is 16.4. The quantitative estimate of drug-likeness (QED) is 0.849.